The van der Waals surface area contributed by atoms with Crippen LogP contribution in [0.25, 0.3) is 0 Å². The largest absolute Gasteiger partial charge is 0.377 e. The zero-order valence-corrected chi connectivity index (χ0v) is 9.63. The first-order valence-electron chi connectivity index (χ1n) is 5.17. The molecule has 2 heterocycles. The molecule has 1 aliphatic rings. The molecular formula is C11H15NO2S. The molecule has 0 aliphatic carbocycles. The Morgan fingerprint density at radius 1 is 1.73 bits per heavy atom. The van der Waals surface area contributed by atoms with Crippen molar-refractivity contribution in [2.24, 2.45) is 0 Å². The van der Waals surface area contributed by atoms with Gasteiger partial charge in [0, 0.05) is 11.4 Å². The molecule has 1 amide bonds. The van der Waals surface area contributed by atoms with Gasteiger partial charge in [-0.1, -0.05) is 6.07 Å². The maximum atomic E-state index is 12.0. The summed E-state index contributed by atoms with van der Waals surface area (Å²) in [7, 11) is 0. The molecule has 1 fully saturated rings. The van der Waals surface area contributed by atoms with Gasteiger partial charge in [-0.2, -0.15) is 0 Å². The van der Waals surface area contributed by atoms with Crippen molar-refractivity contribution in [1.82, 2.24) is 4.90 Å². The van der Waals surface area contributed by atoms with Crippen LogP contribution in [0.4, 0.5) is 0 Å². The van der Waals surface area contributed by atoms with Crippen LogP contribution in [-0.4, -0.2) is 36.6 Å². The summed E-state index contributed by atoms with van der Waals surface area (Å²) in [6, 6.07) is 4.20. The monoisotopic (exact) mass is 225 g/mol. The van der Waals surface area contributed by atoms with Crippen LogP contribution in [0.5, 0.6) is 0 Å². The second kappa shape index (κ2) is 4.77. The van der Waals surface area contributed by atoms with Crippen molar-refractivity contribution in [3.8, 4) is 0 Å². The molecule has 15 heavy (non-hydrogen) atoms. The normalized spacial score (nSPS) is 21.7. The molecule has 4 heteroatoms. The fraction of sp³-hybridized carbons (Fsp3) is 0.545. The van der Waals surface area contributed by atoms with Crippen LogP contribution in [0.15, 0.2) is 17.5 Å². The summed E-state index contributed by atoms with van der Waals surface area (Å²) >= 11 is 1.64. The first-order chi connectivity index (χ1) is 7.27. The van der Waals surface area contributed by atoms with Crippen molar-refractivity contribution in [3.63, 3.8) is 0 Å². The molecule has 3 nitrogen and oxygen atoms in total. The fourth-order valence-electron chi connectivity index (χ4n) is 1.76. The van der Waals surface area contributed by atoms with E-state index in [-0.39, 0.29) is 11.9 Å². The highest BCUT2D eigenvalue weighted by Crippen LogP contribution is 2.13. The van der Waals surface area contributed by atoms with E-state index < -0.39 is 0 Å². The van der Waals surface area contributed by atoms with E-state index in [1.807, 2.05) is 29.3 Å². The second-order valence-electron chi connectivity index (χ2n) is 3.77. The average molecular weight is 225 g/mol. The van der Waals surface area contributed by atoms with E-state index in [4.69, 9.17) is 4.74 Å². The Hall–Kier alpha value is -0.870. The van der Waals surface area contributed by atoms with Crippen LogP contribution >= 0.6 is 11.3 Å². The van der Waals surface area contributed by atoms with Crippen molar-refractivity contribution in [2.45, 2.75) is 19.4 Å². The predicted molar refractivity (Wildman–Crippen MR) is 60.0 cm³/mol. The first kappa shape index (κ1) is 10.6. The molecule has 0 radical (unpaired) electrons. The van der Waals surface area contributed by atoms with Gasteiger partial charge in [0.05, 0.1) is 25.7 Å². The van der Waals surface area contributed by atoms with Gasteiger partial charge < -0.3 is 9.64 Å². The molecular weight excluding hydrogens is 210 g/mol. The van der Waals surface area contributed by atoms with Gasteiger partial charge in [0.25, 0.3) is 0 Å². The van der Waals surface area contributed by atoms with Crippen LogP contribution in [0, 0.1) is 0 Å². The summed E-state index contributed by atoms with van der Waals surface area (Å²) in [5.41, 5.74) is 0. The molecule has 0 aromatic carbocycles. The van der Waals surface area contributed by atoms with E-state index in [0.29, 0.717) is 19.6 Å². The van der Waals surface area contributed by atoms with E-state index in [2.05, 4.69) is 0 Å². The first-order valence-corrected chi connectivity index (χ1v) is 6.05. The zero-order valence-electron chi connectivity index (χ0n) is 8.81. The van der Waals surface area contributed by atoms with E-state index in [1.54, 1.807) is 11.3 Å². The topological polar surface area (TPSA) is 29.5 Å². The van der Waals surface area contributed by atoms with Crippen molar-refractivity contribution in [2.75, 3.05) is 19.8 Å². The van der Waals surface area contributed by atoms with Crippen LogP contribution in [0.3, 0.4) is 0 Å². The SMILES string of the molecule is C[C@@H]1COCCN1C(=O)Cc1cccs1. The van der Waals surface area contributed by atoms with Crippen molar-refractivity contribution in [3.05, 3.63) is 22.4 Å². The van der Waals surface area contributed by atoms with Gasteiger partial charge in [0.2, 0.25) is 5.91 Å². The minimum atomic E-state index is 0.214. The number of carbonyl (C=O) groups is 1. The van der Waals surface area contributed by atoms with Gasteiger partial charge in [-0.15, -0.1) is 11.3 Å². The Bertz CT molecular complexity index is 323. The number of rotatable bonds is 2. The molecule has 82 valence electrons. The van der Waals surface area contributed by atoms with Crippen molar-refractivity contribution in [1.29, 1.82) is 0 Å². The molecule has 0 unspecified atom stereocenters. The third-order valence-corrected chi connectivity index (χ3v) is 3.47. The number of carbonyl (C=O) groups excluding carboxylic acids is 1. The van der Waals surface area contributed by atoms with Crippen LogP contribution in [-0.2, 0) is 16.0 Å². The predicted octanol–water partition coefficient (Wildman–Crippen LogP) is 1.54. The summed E-state index contributed by atoms with van der Waals surface area (Å²) < 4.78 is 5.31. The van der Waals surface area contributed by atoms with Crippen molar-refractivity contribution >= 4 is 17.2 Å². The molecule has 0 bridgehead atoms. The fourth-order valence-corrected chi connectivity index (χ4v) is 2.46. The average Bonchev–Trinajstić information content (AvgIpc) is 2.71. The second-order valence-corrected chi connectivity index (χ2v) is 4.80. The molecule has 0 spiro atoms. The Morgan fingerprint density at radius 2 is 2.60 bits per heavy atom. The molecule has 1 atom stereocenters. The summed E-state index contributed by atoms with van der Waals surface area (Å²) in [5.74, 6) is 0.216. The van der Waals surface area contributed by atoms with Crippen LogP contribution < -0.4 is 0 Å². The third kappa shape index (κ3) is 2.58. The number of nitrogens with zero attached hydrogens (tertiary/aromatic N) is 1. The number of ether oxygens (including phenoxy) is 1. The molecule has 1 aromatic rings. The summed E-state index contributed by atoms with van der Waals surface area (Å²) in [6.45, 7) is 4.09. The lowest BCUT2D eigenvalue weighted by atomic mass is 10.2. The van der Waals surface area contributed by atoms with E-state index in [0.717, 1.165) is 11.4 Å². The standard InChI is InChI=1S/C11H15NO2S/c1-9-8-14-5-4-12(9)11(13)7-10-3-2-6-15-10/h2-3,6,9H,4-5,7-8H2,1H3/t9-/m1/s1. The lowest BCUT2D eigenvalue weighted by Crippen LogP contribution is -2.47. The maximum Gasteiger partial charge on any atom is 0.228 e. The zero-order chi connectivity index (χ0) is 10.7. The quantitative estimate of drug-likeness (QED) is 0.764. The van der Waals surface area contributed by atoms with E-state index in [9.17, 15) is 4.79 Å². The molecule has 0 saturated carbocycles. The van der Waals surface area contributed by atoms with Gasteiger partial charge >= 0.3 is 0 Å². The lowest BCUT2D eigenvalue weighted by molar-refractivity contribution is -0.138. The van der Waals surface area contributed by atoms with E-state index in [1.165, 1.54) is 0 Å². The lowest BCUT2D eigenvalue weighted by Gasteiger charge is -2.33. The van der Waals surface area contributed by atoms with Crippen LogP contribution in [0.2, 0.25) is 0 Å². The minimum absolute atomic E-state index is 0.214. The minimum Gasteiger partial charge on any atom is -0.377 e. The Kier molecular flexibility index (Phi) is 3.38. The molecule has 1 saturated heterocycles. The highest BCUT2D eigenvalue weighted by Gasteiger charge is 2.23. The third-order valence-electron chi connectivity index (χ3n) is 2.59. The smallest absolute Gasteiger partial charge is 0.228 e. The van der Waals surface area contributed by atoms with Gasteiger partial charge in [-0.25, -0.2) is 0 Å². The summed E-state index contributed by atoms with van der Waals surface area (Å²) in [5, 5.41) is 2.01. The van der Waals surface area contributed by atoms with Gasteiger partial charge in [-0.05, 0) is 18.4 Å². The van der Waals surface area contributed by atoms with E-state index >= 15 is 0 Å². The Labute approximate surface area is 93.7 Å². The Balaban J connectivity index is 1.95. The number of amides is 1. The number of morpholine rings is 1. The van der Waals surface area contributed by atoms with Gasteiger partial charge in [0.15, 0.2) is 0 Å². The van der Waals surface area contributed by atoms with Gasteiger partial charge in [-0.3, -0.25) is 4.79 Å². The molecule has 1 aliphatic heterocycles. The Morgan fingerprint density at radius 3 is 3.27 bits per heavy atom. The van der Waals surface area contributed by atoms with Crippen molar-refractivity contribution < 1.29 is 9.53 Å². The van der Waals surface area contributed by atoms with Crippen LogP contribution in [0.1, 0.15) is 11.8 Å². The molecule has 0 N–H and O–H groups in total. The van der Waals surface area contributed by atoms with Gasteiger partial charge in [0.1, 0.15) is 0 Å². The highest BCUT2D eigenvalue weighted by molar-refractivity contribution is 7.10. The molecule has 1 aromatic heterocycles. The number of hydrogen-bond donors (Lipinski definition) is 0. The summed E-state index contributed by atoms with van der Waals surface area (Å²) in [6.07, 6.45) is 0.530. The molecule has 2 rings (SSSR count). The summed E-state index contributed by atoms with van der Waals surface area (Å²) in [4.78, 5) is 15.0. The number of hydrogen-bond acceptors (Lipinski definition) is 3. The highest BCUT2D eigenvalue weighted by atomic mass is 32.1. The number of thiophene rings is 1. The maximum absolute atomic E-state index is 12.0.